The molecule has 5 rings (SSSR count). The Kier molecular flexibility index (Phi) is 6.55. The third kappa shape index (κ3) is 4.37. The fraction of sp³-hybridized carbons (Fsp3) is 0.0690. The largest absolute Gasteiger partial charge is 0.465 e. The molecule has 5 nitrogen and oxygen atoms in total. The van der Waals surface area contributed by atoms with Gasteiger partial charge in [0.2, 0.25) is 0 Å². The number of carbonyl (C=O) groups excluding carboxylic acids is 2. The van der Waals surface area contributed by atoms with Gasteiger partial charge < -0.3 is 10.1 Å². The number of fused-ring (bicyclic) bond motifs is 1. The third-order valence-corrected chi connectivity index (χ3v) is 7.12. The van der Waals surface area contributed by atoms with Gasteiger partial charge in [-0.1, -0.05) is 72.3 Å². The molecular weight excluding hydrogens is 492 g/mol. The standard InChI is InChI=1S/C29H21ClN2O3S/c1-17-24(21-10-6-7-11-23(21)31-26(17)19-12-14-20(30)15-13-19)27(33)32-28-25(29(34)35-2)22(16-36-28)18-8-4-3-5-9-18/h3-16H,1-2H3,(H,32,33). The van der Waals surface area contributed by atoms with E-state index in [1.807, 2.05) is 79.0 Å². The van der Waals surface area contributed by atoms with Gasteiger partial charge in [-0.15, -0.1) is 11.3 Å². The zero-order valence-electron chi connectivity index (χ0n) is 19.5. The Hall–Kier alpha value is -4.00. The number of methoxy groups -OCH3 is 1. The number of pyridine rings is 1. The van der Waals surface area contributed by atoms with Crippen LogP contribution in [0, 0.1) is 6.92 Å². The van der Waals surface area contributed by atoms with Crippen molar-refractivity contribution in [1.29, 1.82) is 0 Å². The number of aromatic nitrogens is 1. The number of carbonyl (C=O) groups is 2. The fourth-order valence-corrected chi connectivity index (χ4v) is 5.32. The van der Waals surface area contributed by atoms with Crippen molar-refractivity contribution in [2.75, 3.05) is 12.4 Å². The summed E-state index contributed by atoms with van der Waals surface area (Å²) in [4.78, 5) is 31.4. The van der Waals surface area contributed by atoms with E-state index in [9.17, 15) is 9.59 Å². The lowest BCUT2D eigenvalue weighted by molar-refractivity contribution is 0.0603. The molecule has 0 fully saturated rings. The summed E-state index contributed by atoms with van der Waals surface area (Å²) in [5, 5.41) is 6.62. The van der Waals surface area contributed by atoms with Gasteiger partial charge in [0.25, 0.3) is 5.91 Å². The molecule has 3 aromatic carbocycles. The molecule has 0 radical (unpaired) electrons. The second-order valence-corrected chi connectivity index (χ2v) is 9.47. The Morgan fingerprint density at radius 2 is 1.58 bits per heavy atom. The van der Waals surface area contributed by atoms with Gasteiger partial charge in [0.05, 0.1) is 23.9 Å². The van der Waals surface area contributed by atoms with E-state index in [1.165, 1.54) is 18.4 Å². The maximum Gasteiger partial charge on any atom is 0.341 e. The first-order valence-corrected chi connectivity index (χ1v) is 12.5. The molecule has 0 aliphatic heterocycles. The van der Waals surface area contributed by atoms with E-state index in [1.54, 1.807) is 12.1 Å². The number of nitrogens with zero attached hydrogens (tertiary/aromatic N) is 1. The Bertz CT molecular complexity index is 1590. The Labute approximate surface area is 217 Å². The molecular formula is C29H21ClN2O3S. The van der Waals surface area contributed by atoms with E-state index in [4.69, 9.17) is 21.3 Å². The first-order chi connectivity index (χ1) is 17.5. The van der Waals surface area contributed by atoms with E-state index >= 15 is 0 Å². The summed E-state index contributed by atoms with van der Waals surface area (Å²) in [5.74, 6) is -0.837. The molecule has 1 N–H and O–H groups in total. The first kappa shape index (κ1) is 23.7. The minimum atomic E-state index is -0.511. The fourth-order valence-electron chi connectivity index (χ4n) is 4.24. The van der Waals surface area contributed by atoms with Crippen LogP contribution in [0.25, 0.3) is 33.3 Å². The SMILES string of the molecule is COC(=O)c1c(-c2ccccc2)csc1NC(=O)c1c(C)c(-c2ccc(Cl)cc2)nc2ccccc12. The van der Waals surface area contributed by atoms with Gasteiger partial charge in [-0.25, -0.2) is 9.78 Å². The molecule has 0 unspecified atom stereocenters. The quantitative estimate of drug-likeness (QED) is 0.246. The number of ether oxygens (including phenoxy) is 1. The molecule has 7 heteroatoms. The second-order valence-electron chi connectivity index (χ2n) is 8.15. The average molecular weight is 513 g/mol. The molecule has 0 atom stereocenters. The van der Waals surface area contributed by atoms with Gasteiger partial charge in [0, 0.05) is 26.9 Å². The van der Waals surface area contributed by atoms with Crippen LogP contribution in [-0.2, 0) is 4.74 Å². The lowest BCUT2D eigenvalue weighted by Crippen LogP contribution is -2.17. The molecule has 0 saturated heterocycles. The minimum absolute atomic E-state index is 0.326. The maximum atomic E-state index is 13.8. The van der Waals surface area contributed by atoms with Crippen LogP contribution in [0.1, 0.15) is 26.3 Å². The number of rotatable bonds is 5. The third-order valence-electron chi connectivity index (χ3n) is 5.97. The van der Waals surface area contributed by atoms with E-state index < -0.39 is 5.97 Å². The molecule has 0 spiro atoms. The molecule has 0 saturated carbocycles. The van der Waals surface area contributed by atoms with Crippen molar-refractivity contribution in [3.05, 3.63) is 106 Å². The second kappa shape index (κ2) is 9.93. The minimum Gasteiger partial charge on any atom is -0.465 e. The van der Waals surface area contributed by atoms with Crippen molar-refractivity contribution in [2.45, 2.75) is 6.92 Å². The summed E-state index contributed by atoms with van der Waals surface area (Å²) >= 11 is 7.37. The highest BCUT2D eigenvalue weighted by atomic mass is 35.5. The molecule has 0 aliphatic carbocycles. The van der Waals surface area contributed by atoms with Crippen LogP contribution in [0.4, 0.5) is 5.00 Å². The first-order valence-electron chi connectivity index (χ1n) is 11.2. The van der Waals surface area contributed by atoms with E-state index in [2.05, 4.69) is 5.32 Å². The van der Waals surface area contributed by atoms with Crippen molar-refractivity contribution >= 4 is 50.7 Å². The molecule has 2 aromatic heterocycles. The average Bonchev–Trinajstić information content (AvgIpc) is 3.32. The zero-order valence-corrected chi connectivity index (χ0v) is 21.1. The molecule has 2 heterocycles. The highest BCUT2D eigenvalue weighted by Crippen LogP contribution is 2.37. The van der Waals surface area contributed by atoms with Crippen LogP contribution >= 0.6 is 22.9 Å². The smallest absolute Gasteiger partial charge is 0.341 e. The van der Waals surface area contributed by atoms with Gasteiger partial charge in [0.1, 0.15) is 10.6 Å². The van der Waals surface area contributed by atoms with Crippen LogP contribution in [0.15, 0.2) is 84.2 Å². The van der Waals surface area contributed by atoms with E-state index in [0.717, 1.165) is 22.1 Å². The summed E-state index contributed by atoms with van der Waals surface area (Å²) in [6, 6.07) is 24.4. The lowest BCUT2D eigenvalue weighted by atomic mass is 9.97. The number of para-hydroxylation sites is 1. The van der Waals surface area contributed by atoms with Crippen LogP contribution in [0.3, 0.4) is 0 Å². The van der Waals surface area contributed by atoms with Crippen molar-refractivity contribution in [1.82, 2.24) is 4.98 Å². The lowest BCUT2D eigenvalue weighted by Gasteiger charge is -2.15. The number of thiophene rings is 1. The number of anilines is 1. The van der Waals surface area contributed by atoms with Crippen LogP contribution in [-0.4, -0.2) is 24.0 Å². The number of benzene rings is 3. The Morgan fingerprint density at radius 3 is 2.31 bits per heavy atom. The van der Waals surface area contributed by atoms with E-state index in [0.29, 0.717) is 37.9 Å². The highest BCUT2D eigenvalue weighted by Gasteiger charge is 2.25. The summed E-state index contributed by atoms with van der Waals surface area (Å²) in [6.07, 6.45) is 0. The monoisotopic (exact) mass is 512 g/mol. The number of nitrogens with one attached hydrogen (secondary N) is 1. The molecule has 0 bridgehead atoms. The summed E-state index contributed by atoms with van der Waals surface area (Å²) in [7, 11) is 1.33. The number of halogens is 1. The summed E-state index contributed by atoms with van der Waals surface area (Å²) in [6.45, 7) is 1.88. The van der Waals surface area contributed by atoms with Gasteiger partial charge in [-0.2, -0.15) is 0 Å². The van der Waals surface area contributed by atoms with Gasteiger partial charge in [-0.05, 0) is 36.2 Å². The van der Waals surface area contributed by atoms with Gasteiger partial charge >= 0.3 is 5.97 Å². The summed E-state index contributed by atoms with van der Waals surface area (Å²) < 4.78 is 5.06. The van der Waals surface area contributed by atoms with Crippen LogP contribution in [0.5, 0.6) is 0 Å². The normalized spacial score (nSPS) is 10.9. The molecule has 36 heavy (non-hydrogen) atoms. The topological polar surface area (TPSA) is 68.3 Å². The number of hydrogen-bond donors (Lipinski definition) is 1. The van der Waals surface area contributed by atoms with E-state index in [-0.39, 0.29) is 5.91 Å². The van der Waals surface area contributed by atoms with Gasteiger partial charge in [-0.3, -0.25) is 4.79 Å². The summed E-state index contributed by atoms with van der Waals surface area (Å²) in [5.41, 5.74) is 5.38. The molecule has 5 aromatic rings. The molecule has 0 aliphatic rings. The zero-order chi connectivity index (χ0) is 25.2. The van der Waals surface area contributed by atoms with Crippen molar-refractivity contribution in [2.24, 2.45) is 0 Å². The van der Waals surface area contributed by atoms with Crippen molar-refractivity contribution < 1.29 is 14.3 Å². The number of esters is 1. The molecule has 1 amide bonds. The van der Waals surface area contributed by atoms with Crippen LogP contribution in [0.2, 0.25) is 5.02 Å². The van der Waals surface area contributed by atoms with Crippen LogP contribution < -0.4 is 5.32 Å². The van der Waals surface area contributed by atoms with Crippen molar-refractivity contribution in [3.8, 4) is 22.4 Å². The number of hydrogen-bond acceptors (Lipinski definition) is 5. The number of amides is 1. The van der Waals surface area contributed by atoms with Crippen molar-refractivity contribution in [3.63, 3.8) is 0 Å². The maximum absolute atomic E-state index is 13.8. The predicted octanol–water partition coefficient (Wildman–Crippen LogP) is 7.63. The van der Waals surface area contributed by atoms with Gasteiger partial charge in [0.15, 0.2) is 0 Å². The predicted molar refractivity (Wildman–Crippen MR) is 146 cm³/mol. The Morgan fingerprint density at radius 1 is 0.889 bits per heavy atom. The molecule has 178 valence electrons. The highest BCUT2D eigenvalue weighted by molar-refractivity contribution is 7.15. The Balaban J connectivity index is 1.62.